The molecule has 3 heterocycles. The van der Waals surface area contributed by atoms with E-state index < -0.39 is 0 Å². The molecular weight excluding hydrogens is 373 g/mol. The number of nitriles is 1. The van der Waals surface area contributed by atoms with E-state index in [-0.39, 0.29) is 0 Å². The van der Waals surface area contributed by atoms with Crippen LogP contribution in [0.15, 0.2) is 42.9 Å². The van der Waals surface area contributed by atoms with Gasteiger partial charge in [-0.1, -0.05) is 29.3 Å². The Bertz CT molecular complexity index is 1140. The molecule has 3 aromatic heterocycles. The molecule has 0 saturated carbocycles. The number of aromatic amines is 1. The summed E-state index contributed by atoms with van der Waals surface area (Å²) in [6, 6.07) is 10.5. The van der Waals surface area contributed by atoms with E-state index in [0.717, 1.165) is 0 Å². The average Bonchev–Trinajstić information content (AvgIpc) is 3.06. The van der Waals surface area contributed by atoms with Gasteiger partial charge in [0.15, 0.2) is 11.5 Å². The maximum absolute atomic E-state index is 9.01. The van der Waals surface area contributed by atoms with Crippen LogP contribution >= 0.6 is 23.2 Å². The van der Waals surface area contributed by atoms with Crippen LogP contribution < -0.4 is 5.32 Å². The second-order valence-electron chi connectivity index (χ2n) is 5.27. The Morgan fingerprint density at radius 1 is 1.08 bits per heavy atom. The van der Waals surface area contributed by atoms with Crippen LogP contribution in [-0.4, -0.2) is 24.9 Å². The van der Waals surface area contributed by atoms with Crippen LogP contribution in [0.1, 0.15) is 5.56 Å². The third-order valence-electron chi connectivity index (χ3n) is 3.62. The molecule has 0 aliphatic heterocycles. The Hall–Kier alpha value is -3.21. The SMILES string of the molecule is N#Cc1ccnc(Nc2ncnc3nc(-c4c(Cl)cccc4Cl)[nH]c23)c1. The predicted octanol–water partition coefficient (Wildman–Crippen LogP) is 4.34. The van der Waals surface area contributed by atoms with Crippen molar-refractivity contribution in [2.75, 3.05) is 5.32 Å². The van der Waals surface area contributed by atoms with E-state index in [1.54, 1.807) is 36.5 Å². The molecule has 0 amide bonds. The second-order valence-corrected chi connectivity index (χ2v) is 6.08. The molecule has 4 aromatic rings. The summed E-state index contributed by atoms with van der Waals surface area (Å²) in [7, 11) is 0. The van der Waals surface area contributed by atoms with Crippen LogP contribution in [0, 0.1) is 11.3 Å². The monoisotopic (exact) mass is 381 g/mol. The summed E-state index contributed by atoms with van der Waals surface area (Å²) in [6.45, 7) is 0. The van der Waals surface area contributed by atoms with Gasteiger partial charge in [-0.2, -0.15) is 5.26 Å². The number of hydrogen-bond acceptors (Lipinski definition) is 6. The molecule has 0 atom stereocenters. The number of benzene rings is 1. The number of nitrogens with one attached hydrogen (secondary N) is 2. The number of fused-ring (bicyclic) bond motifs is 1. The van der Waals surface area contributed by atoms with Crippen LogP contribution in [-0.2, 0) is 0 Å². The van der Waals surface area contributed by atoms with Gasteiger partial charge < -0.3 is 10.3 Å². The quantitative estimate of drug-likeness (QED) is 0.547. The molecule has 9 heteroatoms. The summed E-state index contributed by atoms with van der Waals surface area (Å²) in [6.07, 6.45) is 2.93. The minimum atomic E-state index is 0.449. The Labute approximate surface area is 157 Å². The van der Waals surface area contributed by atoms with Crippen LogP contribution in [0.5, 0.6) is 0 Å². The summed E-state index contributed by atoms with van der Waals surface area (Å²) in [4.78, 5) is 20.2. The summed E-state index contributed by atoms with van der Waals surface area (Å²) in [5, 5.41) is 13.0. The van der Waals surface area contributed by atoms with Crippen molar-refractivity contribution in [3.63, 3.8) is 0 Å². The molecule has 4 rings (SSSR count). The van der Waals surface area contributed by atoms with Crippen molar-refractivity contribution in [3.05, 3.63) is 58.5 Å². The summed E-state index contributed by atoms with van der Waals surface area (Å²) in [5.41, 5.74) is 2.10. The summed E-state index contributed by atoms with van der Waals surface area (Å²) >= 11 is 12.5. The average molecular weight is 382 g/mol. The first kappa shape index (κ1) is 16.3. The van der Waals surface area contributed by atoms with Crippen molar-refractivity contribution in [3.8, 4) is 17.5 Å². The molecule has 0 fully saturated rings. The van der Waals surface area contributed by atoms with E-state index >= 15 is 0 Å². The van der Waals surface area contributed by atoms with E-state index in [2.05, 4.69) is 36.3 Å². The minimum absolute atomic E-state index is 0.449. The molecule has 0 saturated heterocycles. The molecule has 126 valence electrons. The summed E-state index contributed by atoms with van der Waals surface area (Å²) < 4.78 is 0. The highest BCUT2D eigenvalue weighted by atomic mass is 35.5. The molecule has 1 aromatic carbocycles. The van der Waals surface area contributed by atoms with Crippen molar-refractivity contribution in [2.45, 2.75) is 0 Å². The third-order valence-corrected chi connectivity index (χ3v) is 4.25. The lowest BCUT2D eigenvalue weighted by atomic mass is 10.2. The fourth-order valence-electron chi connectivity index (χ4n) is 2.46. The Kier molecular flexibility index (Phi) is 4.13. The maximum Gasteiger partial charge on any atom is 0.183 e. The van der Waals surface area contributed by atoms with Gasteiger partial charge in [0, 0.05) is 6.20 Å². The fraction of sp³-hybridized carbons (Fsp3) is 0. The van der Waals surface area contributed by atoms with Crippen molar-refractivity contribution in [1.82, 2.24) is 24.9 Å². The number of rotatable bonds is 3. The van der Waals surface area contributed by atoms with Crippen LogP contribution in [0.4, 0.5) is 11.6 Å². The zero-order valence-corrected chi connectivity index (χ0v) is 14.5. The van der Waals surface area contributed by atoms with Crippen molar-refractivity contribution >= 4 is 46.0 Å². The Balaban J connectivity index is 1.80. The summed E-state index contributed by atoms with van der Waals surface area (Å²) in [5.74, 6) is 1.44. The standard InChI is InChI=1S/C17H9Cl2N7/c18-10-2-1-3-11(19)13(10)15-25-14-16(22-8-23-17(14)26-15)24-12-6-9(7-20)4-5-21-12/h1-6,8H,(H2,21,22,23,24,25,26). The topological polar surface area (TPSA) is 103 Å². The number of hydrogen-bond donors (Lipinski definition) is 2. The molecular formula is C17H9Cl2N7. The van der Waals surface area contributed by atoms with Crippen molar-refractivity contribution in [2.24, 2.45) is 0 Å². The number of H-pyrrole nitrogens is 1. The van der Waals surface area contributed by atoms with Crippen molar-refractivity contribution < 1.29 is 0 Å². The zero-order chi connectivity index (χ0) is 18.1. The molecule has 0 unspecified atom stereocenters. The van der Waals surface area contributed by atoms with Gasteiger partial charge in [0.1, 0.15) is 23.5 Å². The predicted molar refractivity (Wildman–Crippen MR) is 99.4 cm³/mol. The van der Waals surface area contributed by atoms with Crippen LogP contribution in [0.25, 0.3) is 22.6 Å². The lowest BCUT2D eigenvalue weighted by Gasteiger charge is -2.05. The first-order chi connectivity index (χ1) is 12.7. The van der Waals surface area contributed by atoms with Gasteiger partial charge in [-0.3, -0.25) is 0 Å². The first-order valence-electron chi connectivity index (χ1n) is 7.44. The number of pyridine rings is 1. The van der Waals surface area contributed by atoms with E-state index in [4.69, 9.17) is 28.5 Å². The molecule has 0 aliphatic rings. The van der Waals surface area contributed by atoms with Gasteiger partial charge in [0.25, 0.3) is 0 Å². The normalized spacial score (nSPS) is 10.7. The molecule has 7 nitrogen and oxygen atoms in total. The van der Waals surface area contributed by atoms with Gasteiger partial charge in [0.2, 0.25) is 0 Å². The van der Waals surface area contributed by atoms with E-state index in [0.29, 0.717) is 49.8 Å². The van der Waals surface area contributed by atoms with Gasteiger partial charge in [-0.15, -0.1) is 0 Å². The molecule has 0 spiro atoms. The second kappa shape index (κ2) is 6.59. The highest BCUT2D eigenvalue weighted by Crippen LogP contribution is 2.34. The Morgan fingerprint density at radius 2 is 1.88 bits per heavy atom. The number of anilines is 2. The maximum atomic E-state index is 9.01. The molecule has 0 aliphatic carbocycles. The Morgan fingerprint density at radius 3 is 2.65 bits per heavy atom. The number of nitrogens with zero attached hydrogens (tertiary/aromatic N) is 5. The van der Waals surface area contributed by atoms with Gasteiger partial charge in [-0.05, 0) is 24.3 Å². The molecule has 0 radical (unpaired) electrons. The van der Waals surface area contributed by atoms with Gasteiger partial charge in [0.05, 0.1) is 27.2 Å². The molecule has 0 bridgehead atoms. The van der Waals surface area contributed by atoms with E-state index in [9.17, 15) is 0 Å². The van der Waals surface area contributed by atoms with E-state index in [1.807, 2.05) is 0 Å². The molecule has 26 heavy (non-hydrogen) atoms. The first-order valence-corrected chi connectivity index (χ1v) is 8.19. The van der Waals surface area contributed by atoms with Crippen molar-refractivity contribution in [1.29, 1.82) is 5.26 Å². The highest BCUT2D eigenvalue weighted by molar-refractivity contribution is 6.39. The zero-order valence-electron chi connectivity index (χ0n) is 13.0. The number of aromatic nitrogens is 5. The van der Waals surface area contributed by atoms with E-state index in [1.165, 1.54) is 6.33 Å². The van der Waals surface area contributed by atoms with Gasteiger partial charge >= 0.3 is 0 Å². The molecule has 2 N–H and O–H groups in total. The number of imidazole rings is 1. The highest BCUT2D eigenvalue weighted by Gasteiger charge is 2.16. The number of halogens is 2. The minimum Gasteiger partial charge on any atom is -0.333 e. The largest absolute Gasteiger partial charge is 0.333 e. The fourth-order valence-corrected chi connectivity index (χ4v) is 3.03. The smallest absolute Gasteiger partial charge is 0.183 e. The van der Waals surface area contributed by atoms with Gasteiger partial charge in [-0.25, -0.2) is 19.9 Å². The van der Waals surface area contributed by atoms with Crippen LogP contribution in [0.3, 0.4) is 0 Å². The lowest BCUT2D eigenvalue weighted by Crippen LogP contribution is -1.98. The van der Waals surface area contributed by atoms with Crippen LogP contribution in [0.2, 0.25) is 10.0 Å². The lowest BCUT2D eigenvalue weighted by molar-refractivity contribution is 1.18. The third kappa shape index (κ3) is 2.92.